The van der Waals surface area contributed by atoms with Crippen LogP contribution in [0.1, 0.15) is 34.5 Å². The van der Waals surface area contributed by atoms with E-state index in [1.54, 1.807) is 13.2 Å². The van der Waals surface area contributed by atoms with E-state index in [-0.39, 0.29) is 23.1 Å². The zero-order valence-corrected chi connectivity index (χ0v) is 16.3. The first-order chi connectivity index (χ1) is 12.2. The van der Waals surface area contributed by atoms with Crippen molar-refractivity contribution in [3.05, 3.63) is 57.6 Å². The fourth-order valence-electron chi connectivity index (χ4n) is 2.63. The van der Waals surface area contributed by atoms with Crippen molar-refractivity contribution in [1.82, 2.24) is 4.90 Å². The van der Waals surface area contributed by atoms with Gasteiger partial charge in [-0.15, -0.1) is 0 Å². The smallest absolute Gasteiger partial charge is 0.338 e. The van der Waals surface area contributed by atoms with Gasteiger partial charge < -0.3 is 31.6 Å². The number of hydrogen-bond acceptors (Lipinski definition) is 7. The number of aryl methyl sites for hydroxylation is 1. The van der Waals surface area contributed by atoms with Crippen LogP contribution < -0.4 is 17.2 Å². The molecule has 0 bridgehead atoms. The van der Waals surface area contributed by atoms with Gasteiger partial charge in [-0.05, 0) is 37.1 Å². The monoisotopic (exact) mass is 382 g/mol. The van der Waals surface area contributed by atoms with E-state index in [0.717, 1.165) is 11.1 Å². The molecule has 0 fully saturated rings. The van der Waals surface area contributed by atoms with Gasteiger partial charge >= 0.3 is 5.97 Å². The zero-order chi connectivity index (χ0) is 19.9. The van der Waals surface area contributed by atoms with Gasteiger partial charge in [0.15, 0.2) is 0 Å². The summed E-state index contributed by atoms with van der Waals surface area (Å²) < 4.78 is 10.4. The van der Waals surface area contributed by atoms with E-state index in [9.17, 15) is 4.79 Å². The zero-order valence-electron chi connectivity index (χ0n) is 15.6. The molecular formula is C18H27ClN4O3. The predicted octanol–water partition coefficient (Wildman–Crippen LogP) is 1.92. The molecule has 0 aromatic heterocycles. The second kappa shape index (κ2) is 9.94. The number of esters is 1. The van der Waals surface area contributed by atoms with Crippen LogP contribution in [0, 0.1) is 6.92 Å². The summed E-state index contributed by atoms with van der Waals surface area (Å²) in [6.45, 7) is 4.89. The minimum Gasteiger partial charge on any atom is -0.465 e. The molecule has 0 radical (unpaired) electrons. The SMILES string of the molecule is CCN(CC(OC)c1ccc(C(=O)OC)c(C)c1)C(/C=C(\N)Cl)=C(N)N. The lowest BCUT2D eigenvalue weighted by Gasteiger charge is -2.29. The van der Waals surface area contributed by atoms with Crippen molar-refractivity contribution < 1.29 is 14.3 Å². The minimum atomic E-state index is -0.373. The topological polar surface area (TPSA) is 117 Å². The van der Waals surface area contributed by atoms with Gasteiger partial charge in [0.1, 0.15) is 11.0 Å². The molecule has 0 heterocycles. The molecule has 0 aliphatic rings. The fourth-order valence-corrected chi connectivity index (χ4v) is 2.73. The van der Waals surface area contributed by atoms with Crippen molar-refractivity contribution in [1.29, 1.82) is 0 Å². The van der Waals surface area contributed by atoms with Crippen LogP contribution in [0.3, 0.4) is 0 Å². The Hall–Kier alpha value is -2.38. The molecule has 26 heavy (non-hydrogen) atoms. The van der Waals surface area contributed by atoms with Crippen LogP contribution >= 0.6 is 11.6 Å². The summed E-state index contributed by atoms with van der Waals surface area (Å²) in [6, 6.07) is 5.46. The highest BCUT2D eigenvalue weighted by Gasteiger charge is 2.19. The number of halogens is 1. The number of rotatable bonds is 8. The van der Waals surface area contributed by atoms with Crippen molar-refractivity contribution in [2.75, 3.05) is 27.3 Å². The third-order valence-electron chi connectivity index (χ3n) is 3.99. The van der Waals surface area contributed by atoms with Gasteiger partial charge in [-0.2, -0.15) is 0 Å². The number of nitrogens with zero attached hydrogens (tertiary/aromatic N) is 1. The summed E-state index contributed by atoms with van der Waals surface area (Å²) >= 11 is 5.78. The van der Waals surface area contributed by atoms with Crippen LogP contribution in [0.15, 0.2) is 40.9 Å². The lowest BCUT2D eigenvalue weighted by atomic mass is 10.0. The van der Waals surface area contributed by atoms with Gasteiger partial charge in [-0.3, -0.25) is 0 Å². The Morgan fingerprint density at radius 1 is 1.31 bits per heavy atom. The maximum atomic E-state index is 11.7. The Morgan fingerprint density at radius 2 is 1.96 bits per heavy atom. The highest BCUT2D eigenvalue weighted by atomic mass is 35.5. The Morgan fingerprint density at radius 3 is 2.38 bits per heavy atom. The molecule has 0 saturated carbocycles. The fraction of sp³-hybridized carbons (Fsp3) is 0.389. The quantitative estimate of drug-likeness (QED) is 0.357. The van der Waals surface area contributed by atoms with Gasteiger partial charge in [0.05, 0.1) is 24.5 Å². The van der Waals surface area contributed by atoms with E-state index in [1.807, 2.05) is 30.9 Å². The lowest BCUT2D eigenvalue weighted by Crippen LogP contribution is -2.32. The Bertz CT molecular complexity index is 696. The molecule has 1 atom stereocenters. The van der Waals surface area contributed by atoms with E-state index >= 15 is 0 Å². The predicted molar refractivity (Wildman–Crippen MR) is 103 cm³/mol. The van der Waals surface area contributed by atoms with Crippen molar-refractivity contribution >= 4 is 17.6 Å². The number of ether oxygens (including phenoxy) is 2. The molecule has 7 nitrogen and oxygen atoms in total. The number of benzene rings is 1. The van der Waals surface area contributed by atoms with Crippen LogP contribution in [0.5, 0.6) is 0 Å². The second-order valence-corrected chi connectivity index (χ2v) is 6.14. The Labute approximate surface area is 159 Å². The number of carbonyl (C=O) groups is 1. The standard InChI is InChI=1S/C18H27ClN4O3/c1-5-23(14(17(21)22)9-16(19)20)10-15(25-3)12-6-7-13(11(2)8-12)18(24)26-4/h6-9,15H,5,10,20-22H2,1-4H3/b16-9-. The molecule has 0 aliphatic carbocycles. The van der Waals surface area contributed by atoms with Crippen molar-refractivity contribution in [2.24, 2.45) is 17.2 Å². The van der Waals surface area contributed by atoms with Crippen LogP contribution in [-0.2, 0) is 9.47 Å². The summed E-state index contributed by atoms with van der Waals surface area (Å²) in [5, 5.41) is 0.0825. The summed E-state index contributed by atoms with van der Waals surface area (Å²) in [5.41, 5.74) is 19.9. The lowest BCUT2D eigenvalue weighted by molar-refractivity contribution is 0.0598. The van der Waals surface area contributed by atoms with Crippen LogP contribution in [-0.4, -0.2) is 38.2 Å². The van der Waals surface area contributed by atoms with Gasteiger partial charge in [-0.1, -0.05) is 23.7 Å². The van der Waals surface area contributed by atoms with Crippen molar-refractivity contribution in [3.8, 4) is 0 Å². The molecule has 6 N–H and O–H groups in total. The molecule has 8 heteroatoms. The first-order valence-corrected chi connectivity index (χ1v) is 8.47. The molecule has 144 valence electrons. The molecule has 1 aromatic rings. The van der Waals surface area contributed by atoms with E-state index in [4.69, 9.17) is 38.3 Å². The van der Waals surface area contributed by atoms with Crippen molar-refractivity contribution in [3.63, 3.8) is 0 Å². The number of carbonyl (C=O) groups excluding carboxylic acids is 1. The largest absolute Gasteiger partial charge is 0.465 e. The molecule has 0 amide bonds. The highest BCUT2D eigenvalue weighted by molar-refractivity contribution is 6.29. The van der Waals surface area contributed by atoms with Crippen molar-refractivity contribution in [2.45, 2.75) is 20.0 Å². The second-order valence-electron chi connectivity index (χ2n) is 5.70. The van der Waals surface area contributed by atoms with Crippen LogP contribution in [0.25, 0.3) is 0 Å². The summed E-state index contributed by atoms with van der Waals surface area (Å²) in [5.74, 6) is -0.260. The number of hydrogen-bond donors (Lipinski definition) is 3. The van der Waals surface area contributed by atoms with Gasteiger partial charge in [-0.25, -0.2) is 4.79 Å². The maximum Gasteiger partial charge on any atom is 0.338 e. The van der Waals surface area contributed by atoms with Gasteiger partial charge in [0.2, 0.25) is 0 Å². The molecule has 0 saturated heterocycles. The van der Waals surface area contributed by atoms with Crippen LogP contribution in [0.2, 0.25) is 0 Å². The average Bonchev–Trinajstić information content (AvgIpc) is 2.60. The number of likely N-dealkylation sites (N-methyl/N-ethyl adjacent to an activating group) is 1. The van der Waals surface area contributed by atoms with E-state index in [2.05, 4.69) is 0 Å². The third kappa shape index (κ3) is 5.57. The number of allylic oxidation sites excluding steroid dienone is 1. The average molecular weight is 383 g/mol. The third-order valence-corrected chi connectivity index (χ3v) is 4.10. The molecule has 0 spiro atoms. The first-order valence-electron chi connectivity index (χ1n) is 8.09. The molecule has 1 aromatic carbocycles. The molecule has 1 rings (SSSR count). The molecular weight excluding hydrogens is 356 g/mol. The van der Waals surface area contributed by atoms with Crippen LogP contribution in [0.4, 0.5) is 0 Å². The summed E-state index contributed by atoms with van der Waals surface area (Å²) in [7, 11) is 2.97. The highest BCUT2D eigenvalue weighted by Crippen LogP contribution is 2.24. The van der Waals surface area contributed by atoms with E-state index < -0.39 is 0 Å². The van der Waals surface area contributed by atoms with Gasteiger partial charge in [0, 0.05) is 20.2 Å². The Kier molecular flexibility index (Phi) is 8.28. The minimum absolute atomic E-state index is 0.0825. The van der Waals surface area contributed by atoms with E-state index in [0.29, 0.717) is 24.4 Å². The van der Waals surface area contributed by atoms with E-state index in [1.165, 1.54) is 13.2 Å². The van der Waals surface area contributed by atoms with Gasteiger partial charge in [0.25, 0.3) is 0 Å². The molecule has 0 aliphatic heterocycles. The number of methoxy groups -OCH3 is 2. The summed E-state index contributed by atoms with van der Waals surface area (Å²) in [6.07, 6.45) is 1.23. The number of nitrogens with two attached hydrogens (primary N) is 3. The maximum absolute atomic E-state index is 11.7. The normalized spacial score (nSPS) is 12.4. The summed E-state index contributed by atoms with van der Waals surface area (Å²) in [4.78, 5) is 13.7. The first kappa shape index (κ1) is 21.7. The Balaban J connectivity index is 3.15. The molecule has 1 unspecified atom stereocenters.